The van der Waals surface area contributed by atoms with Gasteiger partial charge in [0.25, 0.3) is 0 Å². The lowest BCUT2D eigenvalue weighted by molar-refractivity contribution is -0.166. The van der Waals surface area contributed by atoms with Crippen LogP contribution in [0.2, 0.25) is 0 Å². The fourth-order valence-electron chi connectivity index (χ4n) is 6.53. The summed E-state index contributed by atoms with van der Waals surface area (Å²) in [5.74, 6) is 0.672. The highest BCUT2D eigenvalue weighted by Gasteiger charge is 2.53. The Hall–Kier alpha value is -3.55. The number of para-hydroxylation sites is 2. The minimum Gasteiger partial charge on any atom is -0.391 e. The van der Waals surface area contributed by atoms with E-state index in [9.17, 15) is 14.3 Å². The fraction of sp³-hybridized carbons (Fsp3) is 0.355. The van der Waals surface area contributed by atoms with Crippen molar-refractivity contribution in [3.05, 3.63) is 102 Å². The Morgan fingerprint density at radius 3 is 2.61 bits per heavy atom. The molecule has 7 heteroatoms. The van der Waals surface area contributed by atoms with Gasteiger partial charge in [-0.25, -0.2) is 9.37 Å². The number of aromatic nitrogens is 2. The molecule has 4 aromatic rings. The van der Waals surface area contributed by atoms with Crippen LogP contribution in [0.25, 0.3) is 11.0 Å². The molecule has 6 rings (SSSR count). The molecule has 0 aliphatic carbocycles. The Morgan fingerprint density at radius 2 is 1.82 bits per heavy atom. The minimum absolute atomic E-state index is 0.0376. The quantitative estimate of drug-likeness (QED) is 0.416. The van der Waals surface area contributed by atoms with Crippen molar-refractivity contribution in [3.8, 4) is 0 Å². The van der Waals surface area contributed by atoms with Crippen molar-refractivity contribution in [2.45, 2.75) is 44.5 Å². The summed E-state index contributed by atoms with van der Waals surface area (Å²) >= 11 is 0. The van der Waals surface area contributed by atoms with Crippen LogP contribution >= 0.6 is 0 Å². The summed E-state index contributed by atoms with van der Waals surface area (Å²) in [7, 11) is 2.03. The van der Waals surface area contributed by atoms with E-state index in [4.69, 9.17) is 4.98 Å². The van der Waals surface area contributed by atoms with Gasteiger partial charge in [-0.1, -0.05) is 54.6 Å². The second kappa shape index (κ2) is 9.97. The number of hydrogen-bond acceptors (Lipinski definition) is 4. The second-order valence-corrected chi connectivity index (χ2v) is 10.9. The maximum absolute atomic E-state index is 14.4. The zero-order valence-electron chi connectivity index (χ0n) is 21.6. The number of carbonyl (C=O) groups excluding carboxylic acids is 1. The van der Waals surface area contributed by atoms with E-state index in [0.29, 0.717) is 19.5 Å². The summed E-state index contributed by atoms with van der Waals surface area (Å²) < 4.78 is 16.2. The highest BCUT2D eigenvalue weighted by molar-refractivity contribution is 5.85. The first-order chi connectivity index (χ1) is 18.4. The molecule has 38 heavy (non-hydrogen) atoms. The summed E-state index contributed by atoms with van der Waals surface area (Å²) in [6, 6.07) is 23.7. The molecule has 1 spiro atoms. The van der Waals surface area contributed by atoms with Crippen molar-refractivity contribution in [1.29, 1.82) is 0 Å². The number of likely N-dealkylation sites (tertiary alicyclic amines) is 2. The number of imidazole rings is 1. The number of hydrogen-bond donors (Lipinski definition) is 1. The van der Waals surface area contributed by atoms with Crippen molar-refractivity contribution in [2.24, 2.45) is 12.5 Å². The molecular weight excluding hydrogens is 479 g/mol. The molecule has 3 atom stereocenters. The van der Waals surface area contributed by atoms with Gasteiger partial charge in [0.1, 0.15) is 11.6 Å². The zero-order valence-corrected chi connectivity index (χ0v) is 21.6. The number of piperidine rings is 2. The molecule has 2 aliphatic rings. The van der Waals surface area contributed by atoms with Crippen LogP contribution in [0.5, 0.6) is 0 Å². The van der Waals surface area contributed by atoms with E-state index in [0.717, 1.165) is 47.4 Å². The van der Waals surface area contributed by atoms with Gasteiger partial charge in [0.15, 0.2) is 0 Å². The second-order valence-electron chi connectivity index (χ2n) is 10.9. The Kier molecular flexibility index (Phi) is 6.50. The monoisotopic (exact) mass is 512 g/mol. The summed E-state index contributed by atoms with van der Waals surface area (Å²) in [4.78, 5) is 23.3. The molecule has 1 amide bonds. The van der Waals surface area contributed by atoms with Crippen molar-refractivity contribution in [3.63, 3.8) is 0 Å². The van der Waals surface area contributed by atoms with Crippen LogP contribution in [-0.2, 0) is 24.9 Å². The molecule has 0 radical (unpaired) electrons. The van der Waals surface area contributed by atoms with Crippen LogP contribution in [0, 0.1) is 11.2 Å². The topological polar surface area (TPSA) is 61.6 Å². The van der Waals surface area contributed by atoms with E-state index in [-0.39, 0.29) is 18.3 Å². The van der Waals surface area contributed by atoms with Gasteiger partial charge in [-0.3, -0.25) is 9.69 Å². The van der Waals surface area contributed by atoms with E-state index < -0.39 is 17.6 Å². The third-order valence-electron chi connectivity index (χ3n) is 8.30. The van der Waals surface area contributed by atoms with Crippen molar-refractivity contribution in [2.75, 3.05) is 13.1 Å². The van der Waals surface area contributed by atoms with Crippen LogP contribution in [0.15, 0.2) is 78.9 Å². The first kappa shape index (κ1) is 24.8. The minimum atomic E-state index is -0.723. The van der Waals surface area contributed by atoms with E-state index in [1.165, 1.54) is 12.1 Å². The third kappa shape index (κ3) is 4.50. The molecule has 3 heterocycles. The van der Waals surface area contributed by atoms with Gasteiger partial charge in [-0.05, 0) is 61.2 Å². The Morgan fingerprint density at radius 1 is 1.03 bits per heavy atom. The van der Waals surface area contributed by atoms with Gasteiger partial charge in [-0.15, -0.1) is 0 Å². The maximum Gasteiger partial charge on any atom is 0.231 e. The summed E-state index contributed by atoms with van der Waals surface area (Å²) in [6.45, 7) is 2.33. The number of nitrogens with zero attached hydrogens (tertiary/aromatic N) is 4. The Labute approximate surface area is 222 Å². The number of amides is 1. The van der Waals surface area contributed by atoms with Gasteiger partial charge in [0.2, 0.25) is 5.91 Å². The molecule has 1 aromatic heterocycles. The molecule has 196 valence electrons. The lowest BCUT2D eigenvalue weighted by Gasteiger charge is -2.52. The smallest absolute Gasteiger partial charge is 0.231 e. The van der Waals surface area contributed by atoms with Crippen molar-refractivity contribution in [1.82, 2.24) is 19.4 Å². The van der Waals surface area contributed by atoms with E-state index in [1.54, 1.807) is 11.0 Å². The number of carbonyl (C=O) groups is 1. The molecule has 2 aliphatic heterocycles. The number of fused-ring (bicyclic) bond motifs is 1. The first-order valence-corrected chi connectivity index (χ1v) is 13.3. The molecule has 0 unspecified atom stereocenters. The number of benzene rings is 3. The standard InChI is InChI=1S/C31H33FN4O2/c1-34-26-14-6-5-13-25(26)33-28(34)20-35-16-8-15-31(21-35)18-27(37)29(23-10-3-2-4-11-23)36(30(31)38)19-22-9-7-12-24(32)17-22/h2-7,9-14,17,27,29,37H,8,15-16,18-21H2,1H3/t27-,29+,31+/m1/s1. The van der Waals surface area contributed by atoms with E-state index in [2.05, 4.69) is 15.5 Å². The summed E-state index contributed by atoms with van der Waals surface area (Å²) in [6.07, 6.45) is 1.28. The average molecular weight is 513 g/mol. The van der Waals surface area contributed by atoms with Gasteiger partial charge in [0.05, 0.1) is 35.1 Å². The summed E-state index contributed by atoms with van der Waals surface area (Å²) in [5, 5.41) is 11.6. The highest BCUT2D eigenvalue weighted by Crippen LogP contribution is 2.46. The molecule has 3 aromatic carbocycles. The molecule has 0 saturated carbocycles. The molecule has 6 nitrogen and oxygen atoms in total. The van der Waals surface area contributed by atoms with Crippen LogP contribution < -0.4 is 0 Å². The molecule has 2 fully saturated rings. The van der Waals surface area contributed by atoms with Gasteiger partial charge >= 0.3 is 0 Å². The van der Waals surface area contributed by atoms with E-state index >= 15 is 0 Å². The van der Waals surface area contributed by atoms with Gasteiger partial charge < -0.3 is 14.6 Å². The van der Waals surface area contributed by atoms with E-state index in [1.807, 2.05) is 61.6 Å². The van der Waals surface area contributed by atoms with Crippen molar-refractivity contribution < 1.29 is 14.3 Å². The maximum atomic E-state index is 14.4. The summed E-state index contributed by atoms with van der Waals surface area (Å²) in [5.41, 5.74) is 2.97. The van der Waals surface area contributed by atoms with Gasteiger partial charge in [0, 0.05) is 20.1 Å². The number of halogens is 1. The zero-order chi connectivity index (χ0) is 26.3. The molecule has 2 saturated heterocycles. The lowest BCUT2D eigenvalue weighted by atomic mass is 9.69. The van der Waals surface area contributed by atoms with Crippen LogP contribution in [0.4, 0.5) is 4.39 Å². The predicted molar refractivity (Wildman–Crippen MR) is 144 cm³/mol. The normalized spacial score (nSPS) is 24.4. The SMILES string of the molecule is Cn1c(CN2CCC[C@]3(C[C@@H](O)[C@H](c4ccccc4)N(Cc4cccc(F)c4)C3=O)C2)nc2ccccc21. The first-order valence-electron chi connectivity index (χ1n) is 13.3. The van der Waals surface area contributed by atoms with Crippen molar-refractivity contribution >= 4 is 16.9 Å². The number of rotatable bonds is 5. The molecule has 1 N–H and O–H groups in total. The highest BCUT2D eigenvalue weighted by atomic mass is 19.1. The third-order valence-corrected chi connectivity index (χ3v) is 8.30. The number of aliphatic hydroxyl groups excluding tert-OH is 1. The Bertz CT molecular complexity index is 1450. The van der Waals surface area contributed by atoms with Crippen LogP contribution in [0.1, 0.15) is 42.3 Å². The van der Waals surface area contributed by atoms with Crippen LogP contribution in [-0.4, -0.2) is 49.6 Å². The van der Waals surface area contributed by atoms with Gasteiger partial charge in [-0.2, -0.15) is 0 Å². The number of aryl methyl sites for hydroxylation is 1. The predicted octanol–water partition coefficient (Wildman–Crippen LogP) is 4.83. The molecule has 0 bridgehead atoms. The molecular formula is C31H33FN4O2. The Balaban J connectivity index is 1.31. The fourth-order valence-corrected chi connectivity index (χ4v) is 6.53. The largest absolute Gasteiger partial charge is 0.391 e. The lowest BCUT2D eigenvalue weighted by Crippen LogP contribution is -2.60. The number of aliphatic hydroxyl groups is 1. The van der Waals surface area contributed by atoms with Crippen LogP contribution in [0.3, 0.4) is 0 Å². The average Bonchev–Trinajstić information content (AvgIpc) is 3.23.